The van der Waals surface area contributed by atoms with E-state index in [2.05, 4.69) is 19.9 Å². The molecule has 0 spiro atoms. The average Bonchev–Trinajstić information content (AvgIpc) is 2.98. The van der Waals surface area contributed by atoms with E-state index in [0.29, 0.717) is 22.2 Å². The Balaban J connectivity index is 2.51. The molecule has 0 unspecified atom stereocenters. The first-order chi connectivity index (χ1) is 9.61. The van der Waals surface area contributed by atoms with Crippen LogP contribution in [-0.2, 0) is 0 Å². The van der Waals surface area contributed by atoms with E-state index < -0.39 is 5.56 Å². The van der Waals surface area contributed by atoms with Crippen molar-refractivity contribution in [2.45, 2.75) is 0 Å². The van der Waals surface area contributed by atoms with Gasteiger partial charge in [0.05, 0.1) is 18.9 Å². The fourth-order valence-electron chi connectivity index (χ4n) is 2.10. The predicted octanol–water partition coefficient (Wildman–Crippen LogP) is 0.610. The van der Waals surface area contributed by atoms with Gasteiger partial charge in [-0.2, -0.15) is 4.98 Å². The van der Waals surface area contributed by atoms with E-state index in [1.165, 1.54) is 13.3 Å². The number of aromatic nitrogens is 4. The summed E-state index contributed by atoms with van der Waals surface area (Å²) < 4.78 is 5.24. The highest BCUT2D eigenvalue weighted by atomic mass is 16.5. The van der Waals surface area contributed by atoms with Crippen molar-refractivity contribution in [2.24, 2.45) is 0 Å². The number of H-pyrrole nitrogens is 2. The highest BCUT2D eigenvalue weighted by molar-refractivity contribution is 5.97. The topological polar surface area (TPSA) is 130 Å². The Kier molecular flexibility index (Phi) is 2.56. The van der Waals surface area contributed by atoms with Crippen LogP contribution in [0.3, 0.4) is 0 Å². The molecule has 3 rings (SSSR count). The molecule has 102 valence electrons. The first kappa shape index (κ1) is 12.0. The van der Waals surface area contributed by atoms with E-state index in [0.717, 1.165) is 0 Å². The van der Waals surface area contributed by atoms with Crippen LogP contribution in [0.4, 0.5) is 5.95 Å². The second kappa shape index (κ2) is 4.26. The minimum atomic E-state index is -0.429. The number of rotatable bonds is 2. The Morgan fingerprint density at radius 2 is 2.25 bits per heavy atom. The number of fused-ring (bicyclic) bond motifs is 1. The summed E-state index contributed by atoms with van der Waals surface area (Å²) in [4.78, 5) is 24.9. The smallest absolute Gasteiger partial charge is 0.294 e. The molecule has 3 aromatic rings. The fourth-order valence-corrected chi connectivity index (χ4v) is 2.10. The van der Waals surface area contributed by atoms with Crippen molar-refractivity contribution < 1.29 is 9.84 Å². The lowest BCUT2D eigenvalue weighted by Crippen LogP contribution is -2.00. The van der Waals surface area contributed by atoms with E-state index in [1.54, 1.807) is 12.3 Å². The number of aromatic amines is 2. The van der Waals surface area contributed by atoms with E-state index in [4.69, 9.17) is 10.5 Å². The maximum Gasteiger partial charge on any atom is 0.294 e. The monoisotopic (exact) mass is 273 g/mol. The van der Waals surface area contributed by atoms with E-state index in [9.17, 15) is 9.90 Å². The van der Waals surface area contributed by atoms with Crippen LogP contribution in [0, 0.1) is 0 Å². The zero-order valence-corrected chi connectivity index (χ0v) is 10.5. The number of methoxy groups -OCH3 is 1. The summed E-state index contributed by atoms with van der Waals surface area (Å²) >= 11 is 0. The maximum absolute atomic E-state index is 11.9. The number of nitrogens with two attached hydrogens (primary N) is 1. The lowest BCUT2D eigenvalue weighted by Gasteiger charge is -2.04. The van der Waals surface area contributed by atoms with Gasteiger partial charge in [0.1, 0.15) is 17.0 Å². The maximum atomic E-state index is 11.9. The molecule has 8 heteroatoms. The molecule has 0 aliphatic heterocycles. The number of nitrogens with zero attached hydrogens (tertiary/aromatic N) is 2. The van der Waals surface area contributed by atoms with E-state index in [1.807, 2.05) is 0 Å². The van der Waals surface area contributed by atoms with Gasteiger partial charge in [0, 0.05) is 11.6 Å². The van der Waals surface area contributed by atoms with Gasteiger partial charge >= 0.3 is 0 Å². The minimum Gasteiger partial charge on any atom is -0.494 e. The zero-order chi connectivity index (χ0) is 14.3. The summed E-state index contributed by atoms with van der Waals surface area (Å²) in [5.74, 6) is 0.0997. The van der Waals surface area contributed by atoms with Gasteiger partial charge in [0.25, 0.3) is 5.56 Å². The van der Waals surface area contributed by atoms with Gasteiger partial charge < -0.3 is 25.5 Å². The van der Waals surface area contributed by atoms with Crippen LogP contribution in [0.2, 0.25) is 0 Å². The number of nitrogens with one attached hydrogen (secondary N) is 2. The predicted molar refractivity (Wildman–Crippen MR) is 72.6 cm³/mol. The molecule has 0 saturated carbocycles. The zero-order valence-electron chi connectivity index (χ0n) is 10.5. The number of aromatic hydroxyl groups is 1. The second-order valence-corrected chi connectivity index (χ2v) is 4.09. The van der Waals surface area contributed by atoms with Crippen molar-refractivity contribution in [3.8, 4) is 22.9 Å². The molecule has 0 amide bonds. The van der Waals surface area contributed by atoms with E-state index >= 15 is 0 Å². The quantitative estimate of drug-likeness (QED) is 0.541. The molecule has 0 aliphatic carbocycles. The van der Waals surface area contributed by atoms with Gasteiger partial charge in [-0.25, -0.2) is 4.98 Å². The Morgan fingerprint density at radius 1 is 1.45 bits per heavy atom. The van der Waals surface area contributed by atoms with E-state index in [-0.39, 0.29) is 17.5 Å². The van der Waals surface area contributed by atoms with Crippen molar-refractivity contribution >= 4 is 16.9 Å². The van der Waals surface area contributed by atoms with Gasteiger partial charge in [-0.1, -0.05) is 0 Å². The molecule has 0 saturated heterocycles. The first-order valence-corrected chi connectivity index (χ1v) is 5.71. The van der Waals surface area contributed by atoms with Gasteiger partial charge in [-0.05, 0) is 6.07 Å². The normalized spacial score (nSPS) is 10.8. The number of nitrogen functional groups attached to an aromatic ring is 1. The third-order valence-electron chi connectivity index (χ3n) is 2.95. The number of hydrogen-bond donors (Lipinski definition) is 4. The molecular weight excluding hydrogens is 262 g/mol. The van der Waals surface area contributed by atoms with Crippen molar-refractivity contribution in [1.29, 1.82) is 0 Å². The first-order valence-electron chi connectivity index (χ1n) is 5.71. The molecule has 0 aliphatic rings. The van der Waals surface area contributed by atoms with Crippen LogP contribution >= 0.6 is 0 Å². The van der Waals surface area contributed by atoms with Crippen molar-refractivity contribution in [3.63, 3.8) is 0 Å². The molecule has 0 aromatic carbocycles. The number of hydrogen-bond acceptors (Lipinski definition) is 6. The number of anilines is 1. The summed E-state index contributed by atoms with van der Waals surface area (Å²) in [6.07, 6.45) is 2.90. The van der Waals surface area contributed by atoms with Gasteiger partial charge in [0.2, 0.25) is 11.8 Å². The standard InChI is InChI=1S/C12H11N5O3/c1-20-6-4-15-10(18)8-5(2-3-14-8)7(6)9-11(19)17-12(13)16-9/h2-4,14,19H,1H3,(H3,13,16,17). The molecule has 8 nitrogen and oxygen atoms in total. The third kappa shape index (κ3) is 1.66. The molecule has 0 bridgehead atoms. The Hall–Kier alpha value is -3.03. The minimum absolute atomic E-state index is 0.0602. The lowest BCUT2D eigenvalue weighted by atomic mass is 10.1. The fraction of sp³-hybridized carbons (Fsp3) is 0.0833. The molecule has 0 fully saturated rings. The van der Waals surface area contributed by atoms with Crippen LogP contribution < -0.4 is 16.0 Å². The van der Waals surface area contributed by atoms with Crippen LogP contribution in [0.25, 0.3) is 22.2 Å². The van der Waals surface area contributed by atoms with Crippen molar-refractivity contribution in [3.05, 3.63) is 28.8 Å². The summed E-state index contributed by atoms with van der Waals surface area (Å²) in [7, 11) is 1.44. The van der Waals surface area contributed by atoms with Crippen molar-refractivity contribution in [1.82, 2.24) is 19.9 Å². The second-order valence-electron chi connectivity index (χ2n) is 4.09. The molecule has 0 atom stereocenters. The summed E-state index contributed by atoms with van der Waals surface area (Å²) in [6, 6.07) is 1.69. The summed E-state index contributed by atoms with van der Waals surface area (Å²) in [5, 5.41) is 10.4. The number of ether oxygens (including phenoxy) is 1. The van der Waals surface area contributed by atoms with Crippen LogP contribution in [0.5, 0.6) is 11.6 Å². The summed E-state index contributed by atoms with van der Waals surface area (Å²) in [6.45, 7) is 0. The van der Waals surface area contributed by atoms with Crippen LogP contribution in [0.15, 0.2) is 23.3 Å². The highest BCUT2D eigenvalue weighted by Gasteiger charge is 2.18. The SMILES string of the molecule is COc1cnc(=O)c2[nH]ccc2c1-c1[nH]c(N)nc1O. The average molecular weight is 273 g/mol. The Morgan fingerprint density at radius 3 is 2.90 bits per heavy atom. The third-order valence-corrected chi connectivity index (χ3v) is 2.95. The molecule has 3 heterocycles. The molecule has 0 radical (unpaired) electrons. The highest BCUT2D eigenvalue weighted by Crippen LogP contribution is 2.37. The summed E-state index contributed by atoms with van der Waals surface area (Å²) in [5.41, 5.74) is 6.13. The van der Waals surface area contributed by atoms with Gasteiger partial charge in [-0.15, -0.1) is 0 Å². The Labute approximate surface area is 112 Å². The van der Waals surface area contributed by atoms with Crippen LogP contribution in [0.1, 0.15) is 0 Å². The molecule has 5 N–H and O–H groups in total. The van der Waals surface area contributed by atoms with Gasteiger partial charge in [-0.3, -0.25) is 4.79 Å². The molecular formula is C12H11N5O3. The lowest BCUT2D eigenvalue weighted by molar-refractivity contribution is 0.414. The number of imidazole rings is 1. The van der Waals surface area contributed by atoms with Gasteiger partial charge in [0.15, 0.2) is 0 Å². The Bertz CT molecular complexity index is 852. The molecule has 20 heavy (non-hydrogen) atoms. The molecule has 3 aromatic heterocycles. The largest absolute Gasteiger partial charge is 0.494 e. The van der Waals surface area contributed by atoms with Crippen LogP contribution in [-0.4, -0.2) is 32.2 Å². The van der Waals surface area contributed by atoms with Crippen molar-refractivity contribution in [2.75, 3.05) is 12.8 Å².